The standard InChI is InChI=1S/C14H12Cl2O/c15-9-11-5-7-13(8-6-11)17-10-12-3-1-2-4-14(12)16/h1-8H,9-10H2. The number of halogens is 2. The molecule has 0 spiro atoms. The van der Waals surface area contributed by atoms with Gasteiger partial charge in [-0.3, -0.25) is 0 Å². The van der Waals surface area contributed by atoms with Crippen LogP contribution in [0.25, 0.3) is 0 Å². The van der Waals surface area contributed by atoms with Crippen molar-refractivity contribution in [3.8, 4) is 5.75 Å². The Bertz CT molecular complexity index is 480. The largest absolute Gasteiger partial charge is 0.489 e. The van der Waals surface area contributed by atoms with Crippen molar-refractivity contribution in [3.63, 3.8) is 0 Å². The monoisotopic (exact) mass is 266 g/mol. The van der Waals surface area contributed by atoms with E-state index in [1.54, 1.807) is 0 Å². The smallest absolute Gasteiger partial charge is 0.119 e. The second kappa shape index (κ2) is 5.95. The van der Waals surface area contributed by atoms with Crippen molar-refractivity contribution < 1.29 is 4.74 Å². The van der Waals surface area contributed by atoms with Gasteiger partial charge in [0.2, 0.25) is 0 Å². The third-order valence-corrected chi connectivity index (χ3v) is 3.11. The van der Waals surface area contributed by atoms with Crippen molar-refractivity contribution >= 4 is 23.2 Å². The Balaban J connectivity index is 2.00. The van der Waals surface area contributed by atoms with E-state index in [9.17, 15) is 0 Å². The normalized spacial score (nSPS) is 10.2. The van der Waals surface area contributed by atoms with Crippen LogP contribution in [0.2, 0.25) is 5.02 Å². The van der Waals surface area contributed by atoms with E-state index in [1.165, 1.54) is 0 Å². The van der Waals surface area contributed by atoms with Crippen molar-refractivity contribution in [2.24, 2.45) is 0 Å². The summed E-state index contributed by atoms with van der Waals surface area (Å²) in [6.07, 6.45) is 0. The molecule has 0 bridgehead atoms. The van der Waals surface area contributed by atoms with E-state index < -0.39 is 0 Å². The molecule has 3 heteroatoms. The lowest BCUT2D eigenvalue weighted by molar-refractivity contribution is 0.306. The molecular weight excluding hydrogens is 255 g/mol. The van der Waals surface area contributed by atoms with E-state index in [2.05, 4.69) is 0 Å². The minimum atomic E-state index is 0.472. The first kappa shape index (κ1) is 12.3. The lowest BCUT2D eigenvalue weighted by Crippen LogP contribution is -1.96. The van der Waals surface area contributed by atoms with Gasteiger partial charge in [-0.25, -0.2) is 0 Å². The molecule has 2 rings (SSSR count). The lowest BCUT2D eigenvalue weighted by atomic mass is 10.2. The summed E-state index contributed by atoms with van der Waals surface area (Å²) in [7, 11) is 0. The molecule has 0 saturated carbocycles. The molecule has 0 radical (unpaired) electrons. The third-order valence-electron chi connectivity index (χ3n) is 2.43. The molecule has 0 fully saturated rings. The third kappa shape index (κ3) is 3.39. The second-order valence-electron chi connectivity index (χ2n) is 3.66. The van der Waals surface area contributed by atoms with Gasteiger partial charge in [-0.1, -0.05) is 41.9 Å². The Kier molecular flexibility index (Phi) is 4.29. The van der Waals surface area contributed by atoms with Gasteiger partial charge < -0.3 is 4.74 Å². The summed E-state index contributed by atoms with van der Waals surface area (Å²) >= 11 is 11.8. The highest BCUT2D eigenvalue weighted by Crippen LogP contribution is 2.19. The number of benzene rings is 2. The maximum atomic E-state index is 6.04. The average Bonchev–Trinajstić information content (AvgIpc) is 2.38. The summed E-state index contributed by atoms with van der Waals surface area (Å²) in [6.45, 7) is 0.472. The number of alkyl halides is 1. The predicted octanol–water partition coefficient (Wildman–Crippen LogP) is 4.66. The van der Waals surface area contributed by atoms with Crippen LogP contribution in [0.3, 0.4) is 0 Å². The zero-order valence-electron chi connectivity index (χ0n) is 9.20. The molecule has 2 aromatic rings. The van der Waals surface area contributed by atoms with Crippen molar-refractivity contribution in [2.45, 2.75) is 12.5 Å². The first-order valence-electron chi connectivity index (χ1n) is 5.30. The van der Waals surface area contributed by atoms with E-state index in [1.807, 2.05) is 48.5 Å². The molecule has 0 atom stereocenters. The quantitative estimate of drug-likeness (QED) is 0.732. The SMILES string of the molecule is ClCc1ccc(OCc2ccccc2Cl)cc1. The zero-order chi connectivity index (χ0) is 12.1. The number of hydrogen-bond acceptors (Lipinski definition) is 1. The van der Waals surface area contributed by atoms with Crippen LogP contribution in [0.4, 0.5) is 0 Å². The Hall–Kier alpha value is -1.18. The van der Waals surface area contributed by atoms with E-state index >= 15 is 0 Å². The van der Waals surface area contributed by atoms with Crippen LogP contribution in [-0.2, 0) is 12.5 Å². The van der Waals surface area contributed by atoms with Gasteiger partial charge in [0.05, 0.1) is 0 Å². The Labute approximate surface area is 111 Å². The van der Waals surface area contributed by atoms with Crippen molar-refractivity contribution in [1.29, 1.82) is 0 Å². The van der Waals surface area contributed by atoms with Crippen LogP contribution < -0.4 is 4.74 Å². The molecule has 0 heterocycles. The topological polar surface area (TPSA) is 9.23 Å². The van der Waals surface area contributed by atoms with Gasteiger partial charge in [0.1, 0.15) is 12.4 Å². The molecule has 0 aliphatic heterocycles. The summed E-state index contributed by atoms with van der Waals surface area (Å²) in [5, 5.41) is 0.727. The van der Waals surface area contributed by atoms with Gasteiger partial charge in [0, 0.05) is 16.5 Å². The fraction of sp³-hybridized carbons (Fsp3) is 0.143. The summed E-state index contributed by atoms with van der Waals surface area (Å²) in [4.78, 5) is 0. The van der Waals surface area contributed by atoms with Gasteiger partial charge >= 0.3 is 0 Å². The fourth-order valence-electron chi connectivity index (χ4n) is 1.45. The van der Waals surface area contributed by atoms with E-state index in [0.29, 0.717) is 12.5 Å². The summed E-state index contributed by atoms with van der Waals surface area (Å²) < 4.78 is 5.64. The van der Waals surface area contributed by atoms with Gasteiger partial charge in [-0.2, -0.15) is 0 Å². The molecule has 0 saturated heterocycles. The molecule has 17 heavy (non-hydrogen) atoms. The molecule has 0 aromatic heterocycles. The molecule has 0 aliphatic carbocycles. The highest BCUT2D eigenvalue weighted by atomic mass is 35.5. The van der Waals surface area contributed by atoms with Crippen LogP contribution in [0.5, 0.6) is 5.75 Å². The fourth-order valence-corrected chi connectivity index (χ4v) is 1.82. The Morgan fingerprint density at radius 2 is 1.65 bits per heavy atom. The molecular formula is C14H12Cl2O. The summed E-state index contributed by atoms with van der Waals surface area (Å²) in [5.41, 5.74) is 2.06. The van der Waals surface area contributed by atoms with Gasteiger partial charge in [-0.05, 0) is 23.8 Å². The van der Waals surface area contributed by atoms with Crippen molar-refractivity contribution in [2.75, 3.05) is 0 Å². The van der Waals surface area contributed by atoms with Crippen LogP contribution in [0.15, 0.2) is 48.5 Å². The van der Waals surface area contributed by atoms with Crippen molar-refractivity contribution in [1.82, 2.24) is 0 Å². The minimum Gasteiger partial charge on any atom is -0.489 e. The first-order valence-corrected chi connectivity index (χ1v) is 6.22. The molecule has 0 N–H and O–H groups in total. The second-order valence-corrected chi connectivity index (χ2v) is 4.33. The van der Waals surface area contributed by atoms with E-state index in [4.69, 9.17) is 27.9 Å². The van der Waals surface area contributed by atoms with Crippen LogP contribution in [0, 0.1) is 0 Å². The minimum absolute atomic E-state index is 0.472. The molecule has 0 aliphatic rings. The maximum absolute atomic E-state index is 6.04. The molecule has 0 amide bonds. The maximum Gasteiger partial charge on any atom is 0.119 e. The van der Waals surface area contributed by atoms with Crippen LogP contribution >= 0.6 is 23.2 Å². The molecule has 1 nitrogen and oxygen atoms in total. The van der Waals surface area contributed by atoms with E-state index in [-0.39, 0.29) is 0 Å². The zero-order valence-corrected chi connectivity index (χ0v) is 10.7. The van der Waals surface area contributed by atoms with Gasteiger partial charge in [-0.15, -0.1) is 11.6 Å². The van der Waals surface area contributed by atoms with Crippen molar-refractivity contribution in [3.05, 3.63) is 64.7 Å². The molecule has 2 aromatic carbocycles. The Morgan fingerprint density at radius 1 is 0.941 bits per heavy atom. The summed E-state index contributed by atoms with van der Waals surface area (Å²) in [5.74, 6) is 1.34. The molecule has 88 valence electrons. The number of hydrogen-bond donors (Lipinski definition) is 0. The lowest BCUT2D eigenvalue weighted by Gasteiger charge is -2.07. The van der Waals surface area contributed by atoms with E-state index in [0.717, 1.165) is 21.9 Å². The molecule has 0 unspecified atom stereocenters. The van der Waals surface area contributed by atoms with Gasteiger partial charge in [0.25, 0.3) is 0 Å². The Morgan fingerprint density at radius 3 is 2.29 bits per heavy atom. The van der Waals surface area contributed by atoms with Gasteiger partial charge in [0.15, 0.2) is 0 Å². The summed E-state index contributed by atoms with van der Waals surface area (Å²) in [6, 6.07) is 15.4. The first-order chi connectivity index (χ1) is 8.29. The number of ether oxygens (including phenoxy) is 1. The average molecular weight is 267 g/mol. The highest BCUT2D eigenvalue weighted by molar-refractivity contribution is 6.31. The van der Waals surface area contributed by atoms with Crippen LogP contribution in [0.1, 0.15) is 11.1 Å². The number of rotatable bonds is 4. The highest BCUT2D eigenvalue weighted by Gasteiger charge is 2.00. The van der Waals surface area contributed by atoms with Crippen LogP contribution in [-0.4, -0.2) is 0 Å². The predicted molar refractivity (Wildman–Crippen MR) is 71.8 cm³/mol.